The molecule has 5 rings (SSSR count). The molecule has 0 aliphatic heterocycles. The van der Waals surface area contributed by atoms with Crippen LogP contribution in [0.1, 0.15) is 15.9 Å². The van der Waals surface area contributed by atoms with Gasteiger partial charge in [0.2, 0.25) is 5.89 Å². The standard InChI is InChI=1S/C27H22N2O4/c1-16-8-9-19(27-29-23-15-20(31-2)10-11-24(23)33-27)13-22(16)28-26(30)21-12-17-6-4-5-7-18(17)14-25(21)32-3/h4-15H,1-3H3,(H,28,30). The van der Waals surface area contributed by atoms with E-state index in [2.05, 4.69) is 10.3 Å². The molecule has 0 aliphatic rings. The van der Waals surface area contributed by atoms with Crippen LogP contribution in [0.5, 0.6) is 11.5 Å². The van der Waals surface area contributed by atoms with Gasteiger partial charge in [-0.05, 0) is 59.7 Å². The van der Waals surface area contributed by atoms with E-state index < -0.39 is 0 Å². The second-order valence-corrected chi connectivity index (χ2v) is 7.74. The number of oxazole rings is 1. The monoisotopic (exact) mass is 438 g/mol. The lowest BCUT2D eigenvalue weighted by atomic mass is 10.0. The molecule has 6 heteroatoms. The summed E-state index contributed by atoms with van der Waals surface area (Å²) in [7, 11) is 3.18. The Balaban J connectivity index is 1.49. The Bertz CT molecular complexity index is 1500. The molecule has 6 nitrogen and oxygen atoms in total. The number of anilines is 1. The predicted octanol–water partition coefficient (Wildman–Crippen LogP) is 6.23. The van der Waals surface area contributed by atoms with Gasteiger partial charge in [-0.3, -0.25) is 4.79 Å². The van der Waals surface area contributed by atoms with Gasteiger partial charge in [0.15, 0.2) is 5.58 Å². The molecule has 1 heterocycles. The molecule has 0 radical (unpaired) electrons. The predicted molar refractivity (Wildman–Crippen MR) is 129 cm³/mol. The molecule has 1 amide bonds. The van der Waals surface area contributed by atoms with Crippen LogP contribution in [0, 0.1) is 6.92 Å². The average Bonchev–Trinajstić information content (AvgIpc) is 3.27. The minimum Gasteiger partial charge on any atom is -0.497 e. The van der Waals surface area contributed by atoms with E-state index in [0.717, 1.165) is 21.9 Å². The summed E-state index contributed by atoms with van der Waals surface area (Å²) >= 11 is 0. The smallest absolute Gasteiger partial charge is 0.259 e. The van der Waals surface area contributed by atoms with Crippen LogP contribution in [-0.2, 0) is 0 Å². The molecule has 164 valence electrons. The highest BCUT2D eigenvalue weighted by Crippen LogP contribution is 2.31. The number of benzene rings is 4. The summed E-state index contributed by atoms with van der Waals surface area (Å²) in [6, 6.07) is 22.8. The third kappa shape index (κ3) is 3.87. The van der Waals surface area contributed by atoms with E-state index in [1.54, 1.807) is 14.2 Å². The zero-order chi connectivity index (χ0) is 22.9. The van der Waals surface area contributed by atoms with Gasteiger partial charge in [0.25, 0.3) is 5.91 Å². The van der Waals surface area contributed by atoms with Crippen LogP contribution in [0.3, 0.4) is 0 Å². The number of nitrogens with zero attached hydrogens (tertiary/aromatic N) is 1. The molecule has 1 N–H and O–H groups in total. The molecule has 0 unspecified atom stereocenters. The fourth-order valence-electron chi connectivity index (χ4n) is 3.80. The number of nitrogens with one attached hydrogen (secondary N) is 1. The first-order valence-electron chi connectivity index (χ1n) is 10.5. The van der Waals surface area contributed by atoms with Crippen molar-refractivity contribution in [2.75, 3.05) is 19.5 Å². The lowest BCUT2D eigenvalue weighted by Crippen LogP contribution is -2.14. The molecule has 4 aromatic carbocycles. The van der Waals surface area contributed by atoms with Crippen molar-refractivity contribution in [3.8, 4) is 23.0 Å². The molecule has 0 saturated carbocycles. The number of aryl methyl sites for hydroxylation is 1. The SMILES string of the molecule is COc1ccc2oc(-c3ccc(C)c(NC(=O)c4cc5ccccc5cc4OC)c3)nc2c1. The molecular formula is C27H22N2O4. The summed E-state index contributed by atoms with van der Waals surface area (Å²) in [5, 5.41) is 5.00. The van der Waals surface area contributed by atoms with E-state index in [1.807, 2.05) is 79.7 Å². The van der Waals surface area contributed by atoms with Gasteiger partial charge in [-0.15, -0.1) is 0 Å². The summed E-state index contributed by atoms with van der Waals surface area (Å²) in [4.78, 5) is 17.8. The largest absolute Gasteiger partial charge is 0.497 e. The summed E-state index contributed by atoms with van der Waals surface area (Å²) in [6.07, 6.45) is 0. The molecule has 0 spiro atoms. The normalized spacial score (nSPS) is 11.0. The maximum absolute atomic E-state index is 13.2. The van der Waals surface area contributed by atoms with Crippen molar-refractivity contribution in [1.29, 1.82) is 0 Å². The van der Waals surface area contributed by atoms with Crippen molar-refractivity contribution in [2.24, 2.45) is 0 Å². The number of carbonyl (C=O) groups is 1. The molecule has 0 aliphatic carbocycles. The van der Waals surface area contributed by atoms with Crippen molar-refractivity contribution < 1.29 is 18.7 Å². The van der Waals surface area contributed by atoms with Crippen LogP contribution in [0.25, 0.3) is 33.3 Å². The highest BCUT2D eigenvalue weighted by atomic mass is 16.5. The highest BCUT2D eigenvalue weighted by Gasteiger charge is 2.16. The average molecular weight is 438 g/mol. The number of hydrogen-bond acceptors (Lipinski definition) is 5. The van der Waals surface area contributed by atoms with Crippen LogP contribution in [0.2, 0.25) is 0 Å². The minimum absolute atomic E-state index is 0.250. The lowest BCUT2D eigenvalue weighted by molar-refractivity contribution is 0.102. The van der Waals surface area contributed by atoms with E-state index in [1.165, 1.54) is 0 Å². The maximum Gasteiger partial charge on any atom is 0.259 e. The molecule has 0 bridgehead atoms. The molecule has 33 heavy (non-hydrogen) atoms. The fraction of sp³-hybridized carbons (Fsp3) is 0.111. The zero-order valence-corrected chi connectivity index (χ0v) is 18.5. The minimum atomic E-state index is -0.250. The molecular weight excluding hydrogens is 416 g/mol. The number of carbonyl (C=O) groups excluding carboxylic acids is 1. The van der Waals surface area contributed by atoms with E-state index in [-0.39, 0.29) is 5.91 Å². The maximum atomic E-state index is 13.2. The van der Waals surface area contributed by atoms with Crippen molar-refractivity contribution >= 4 is 33.5 Å². The zero-order valence-electron chi connectivity index (χ0n) is 18.5. The first-order chi connectivity index (χ1) is 16.1. The Morgan fingerprint density at radius 3 is 2.45 bits per heavy atom. The number of fused-ring (bicyclic) bond motifs is 2. The van der Waals surface area contributed by atoms with Gasteiger partial charge in [-0.1, -0.05) is 30.3 Å². The van der Waals surface area contributed by atoms with Crippen LogP contribution < -0.4 is 14.8 Å². The van der Waals surface area contributed by atoms with E-state index in [4.69, 9.17) is 13.9 Å². The van der Waals surface area contributed by atoms with Crippen molar-refractivity contribution in [1.82, 2.24) is 4.98 Å². The van der Waals surface area contributed by atoms with Gasteiger partial charge in [0, 0.05) is 17.3 Å². The van der Waals surface area contributed by atoms with Crippen LogP contribution in [-0.4, -0.2) is 25.1 Å². The van der Waals surface area contributed by atoms with Gasteiger partial charge < -0.3 is 19.2 Å². The number of amides is 1. The lowest BCUT2D eigenvalue weighted by Gasteiger charge is -2.13. The van der Waals surface area contributed by atoms with E-state index >= 15 is 0 Å². The Hall–Kier alpha value is -4.32. The Kier molecular flexibility index (Phi) is 5.18. The first-order valence-corrected chi connectivity index (χ1v) is 10.5. The Morgan fingerprint density at radius 1 is 0.909 bits per heavy atom. The molecule has 1 aromatic heterocycles. The number of aromatic nitrogens is 1. The van der Waals surface area contributed by atoms with Gasteiger partial charge in [0.05, 0.1) is 19.8 Å². The molecule has 0 fully saturated rings. The second-order valence-electron chi connectivity index (χ2n) is 7.74. The summed E-state index contributed by atoms with van der Waals surface area (Å²) in [6.45, 7) is 1.94. The van der Waals surface area contributed by atoms with E-state index in [0.29, 0.717) is 39.7 Å². The molecule has 5 aromatic rings. The number of methoxy groups -OCH3 is 2. The summed E-state index contributed by atoms with van der Waals surface area (Å²) in [5.41, 5.74) is 4.19. The Morgan fingerprint density at radius 2 is 1.70 bits per heavy atom. The number of hydrogen-bond donors (Lipinski definition) is 1. The van der Waals surface area contributed by atoms with Crippen molar-refractivity contribution in [2.45, 2.75) is 6.92 Å². The highest BCUT2D eigenvalue weighted by molar-refractivity contribution is 6.09. The van der Waals surface area contributed by atoms with Crippen molar-refractivity contribution in [3.63, 3.8) is 0 Å². The fourth-order valence-corrected chi connectivity index (χ4v) is 3.80. The van der Waals surface area contributed by atoms with Crippen LogP contribution in [0.4, 0.5) is 5.69 Å². The summed E-state index contributed by atoms with van der Waals surface area (Å²) in [5.74, 6) is 1.45. The van der Waals surface area contributed by atoms with Gasteiger partial charge in [-0.25, -0.2) is 4.98 Å². The Labute approximate surface area is 190 Å². The van der Waals surface area contributed by atoms with Gasteiger partial charge in [0.1, 0.15) is 17.0 Å². The number of rotatable bonds is 5. The number of ether oxygens (including phenoxy) is 2. The first kappa shape index (κ1) is 20.6. The van der Waals surface area contributed by atoms with Crippen LogP contribution in [0.15, 0.2) is 77.2 Å². The van der Waals surface area contributed by atoms with Crippen LogP contribution >= 0.6 is 0 Å². The third-order valence-corrected chi connectivity index (χ3v) is 5.64. The third-order valence-electron chi connectivity index (χ3n) is 5.64. The van der Waals surface area contributed by atoms with Crippen molar-refractivity contribution in [3.05, 3.63) is 83.9 Å². The quantitative estimate of drug-likeness (QED) is 0.352. The van der Waals surface area contributed by atoms with E-state index in [9.17, 15) is 4.79 Å². The van der Waals surface area contributed by atoms with Gasteiger partial charge in [-0.2, -0.15) is 0 Å². The molecule has 0 saturated heterocycles. The van der Waals surface area contributed by atoms with Gasteiger partial charge >= 0.3 is 0 Å². The molecule has 0 atom stereocenters. The second kappa shape index (κ2) is 8.31. The summed E-state index contributed by atoms with van der Waals surface area (Å²) < 4.78 is 16.7. The topological polar surface area (TPSA) is 73.6 Å².